The predicted molar refractivity (Wildman–Crippen MR) is 97.0 cm³/mol. The van der Waals surface area contributed by atoms with Crippen LogP contribution < -0.4 is 10.6 Å². The fraction of sp³-hybridized carbons (Fsp3) is 0.611. The average molecular weight is 337 g/mol. The maximum atomic E-state index is 12.4. The van der Waals surface area contributed by atoms with Crippen molar-refractivity contribution < 1.29 is 9.53 Å². The van der Waals surface area contributed by atoms with Gasteiger partial charge in [0.25, 0.3) is 0 Å². The minimum Gasteiger partial charge on any atom is -0.381 e. The van der Waals surface area contributed by atoms with Crippen LogP contribution >= 0.6 is 11.8 Å². The molecular weight excluding hydrogens is 308 g/mol. The van der Waals surface area contributed by atoms with Crippen LogP contribution in [0, 0.1) is 6.92 Å². The third kappa shape index (κ3) is 4.88. The lowest BCUT2D eigenvalue weighted by atomic mass is 9.93. The van der Waals surface area contributed by atoms with Gasteiger partial charge in [-0.3, -0.25) is 0 Å². The zero-order valence-corrected chi connectivity index (χ0v) is 15.4. The number of ether oxygens (including phenoxy) is 1. The highest BCUT2D eigenvalue weighted by molar-refractivity contribution is 8.00. The van der Waals surface area contributed by atoms with Gasteiger partial charge in [-0.25, -0.2) is 4.79 Å². The molecule has 128 valence electrons. The molecule has 1 saturated heterocycles. The summed E-state index contributed by atoms with van der Waals surface area (Å²) >= 11 is 1.83. The number of carbonyl (C=O) groups excluding carboxylic acids is 1. The normalized spacial score (nSPS) is 17.6. The van der Waals surface area contributed by atoms with Gasteiger partial charge < -0.3 is 15.4 Å². The molecule has 0 aromatic heterocycles. The number of benzene rings is 1. The Morgan fingerprint density at radius 1 is 1.35 bits per heavy atom. The topological polar surface area (TPSA) is 50.4 Å². The minimum atomic E-state index is -0.404. The number of carbonyl (C=O) groups is 1. The standard InChI is InChI=1S/C18H28N2O2S/c1-14-6-5-7-15(12-14)17(2,3)20-16(21)19-13-18(23-4)8-10-22-11-9-18/h5-7,12H,8-11,13H2,1-4H3,(H2,19,20,21). The van der Waals surface area contributed by atoms with Crippen LogP contribution in [-0.2, 0) is 10.3 Å². The second-order valence-electron chi connectivity index (χ2n) is 6.80. The number of thioether (sulfide) groups is 1. The van der Waals surface area contributed by atoms with Crippen molar-refractivity contribution in [1.82, 2.24) is 10.6 Å². The van der Waals surface area contributed by atoms with Crippen LogP contribution in [0.5, 0.6) is 0 Å². The number of amides is 2. The Bertz CT molecular complexity index is 540. The molecule has 2 N–H and O–H groups in total. The molecule has 0 radical (unpaired) electrons. The van der Waals surface area contributed by atoms with E-state index in [-0.39, 0.29) is 10.8 Å². The van der Waals surface area contributed by atoms with Gasteiger partial charge in [0, 0.05) is 24.5 Å². The van der Waals surface area contributed by atoms with E-state index in [1.54, 1.807) is 0 Å². The Morgan fingerprint density at radius 2 is 2.04 bits per heavy atom. The Labute approximate surface area is 143 Å². The SMILES string of the molecule is CSC1(CNC(=O)NC(C)(C)c2cccc(C)c2)CCOCC1. The fourth-order valence-electron chi connectivity index (χ4n) is 2.87. The highest BCUT2D eigenvalue weighted by atomic mass is 32.2. The third-order valence-electron chi connectivity index (χ3n) is 4.57. The summed E-state index contributed by atoms with van der Waals surface area (Å²) < 4.78 is 5.54. The first kappa shape index (κ1) is 18.1. The van der Waals surface area contributed by atoms with Crippen LogP contribution in [0.25, 0.3) is 0 Å². The molecule has 4 nitrogen and oxygen atoms in total. The lowest BCUT2D eigenvalue weighted by Gasteiger charge is -2.36. The molecule has 0 saturated carbocycles. The summed E-state index contributed by atoms with van der Waals surface area (Å²) in [5.41, 5.74) is 1.90. The van der Waals surface area contributed by atoms with Crippen LogP contribution in [0.2, 0.25) is 0 Å². The molecule has 5 heteroatoms. The zero-order valence-electron chi connectivity index (χ0n) is 14.6. The van der Waals surface area contributed by atoms with E-state index in [9.17, 15) is 4.79 Å². The minimum absolute atomic E-state index is 0.100. The summed E-state index contributed by atoms with van der Waals surface area (Å²) in [4.78, 5) is 12.4. The van der Waals surface area contributed by atoms with Crippen molar-refractivity contribution in [3.8, 4) is 0 Å². The summed E-state index contributed by atoms with van der Waals surface area (Å²) in [5.74, 6) is 0. The van der Waals surface area contributed by atoms with Gasteiger partial charge in [-0.15, -0.1) is 0 Å². The first-order chi connectivity index (χ1) is 10.9. The van der Waals surface area contributed by atoms with Crippen LogP contribution in [0.1, 0.15) is 37.8 Å². The quantitative estimate of drug-likeness (QED) is 0.866. The smallest absolute Gasteiger partial charge is 0.315 e. The first-order valence-corrected chi connectivity index (χ1v) is 9.35. The molecule has 23 heavy (non-hydrogen) atoms. The fourth-order valence-corrected chi connectivity index (χ4v) is 3.66. The maximum absolute atomic E-state index is 12.4. The van der Waals surface area contributed by atoms with Crippen molar-refractivity contribution in [3.63, 3.8) is 0 Å². The molecule has 1 aromatic carbocycles. The Kier molecular flexibility index (Phi) is 5.98. The van der Waals surface area contributed by atoms with Gasteiger partial charge in [-0.1, -0.05) is 29.8 Å². The van der Waals surface area contributed by atoms with Gasteiger partial charge in [0.15, 0.2) is 0 Å². The van der Waals surface area contributed by atoms with E-state index >= 15 is 0 Å². The van der Waals surface area contributed by atoms with Crippen LogP contribution in [0.15, 0.2) is 24.3 Å². The van der Waals surface area contributed by atoms with Crippen molar-refractivity contribution >= 4 is 17.8 Å². The predicted octanol–water partition coefficient (Wildman–Crippen LogP) is 3.44. The lowest BCUT2D eigenvalue weighted by Crippen LogP contribution is -2.51. The molecule has 0 unspecified atom stereocenters. The van der Waals surface area contributed by atoms with Gasteiger partial charge in [0.1, 0.15) is 0 Å². The molecule has 0 aliphatic carbocycles. The van der Waals surface area contributed by atoms with E-state index in [2.05, 4.69) is 42.0 Å². The van der Waals surface area contributed by atoms with Gasteiger partial charge in [0.2, 0.25) is 0 Å². The summed E-state index contributed by atoms with van der Waals surface area (Å²) in [6, 6.07) is 8.14. The lowest BCUT2D eigenvalue weighted by molar-refractivity contribution is 0.0776. The third-order valence-corrected chi connectivity index (χ3v) is 5.99. The van der Waals surface area contributed by atoms with Crippen LogP contribution in [0.3, 0.4) is 0 Å². The Hall–Kier alpha value is -1.20. The number of hydrogen-bond donors (Lipinski definition) is 2. The van der Waals surface area contributed by atoms with Crippen molar-refractivity contribution in [2.45, 2.75) is 43.9 Å². The Morgan fingerprint density at radius 3 is 2.65 bits per heavy atom. The summed E-state index contributed by atoms with van der Waals surface area (Å²) in [7, 11) is 0. The van der Waals surface area contributed by atoms with Gasteiger partial charge >= 0.3 is 6.03 Å². The highest BCUT2D eigenvalue weighted by Crippen LogP contribution is 2.33. The molecule has 0 atom stereocenters. The maximum Gasteiger partial charge on any atom is 0.315 e. The molecule has 2 amide bonds. The first-order valence-electron chi connectivity index (χ1n) is 8.13. The molecule has 1 aliphatic rings. The van der Waals surface area contributed by atoms with E-state index < -0.39 is 5.54 Å². The molecule has 0 spiro atoms. The number of urea groups is 1. The largest absolute Gasteiger partial charge is 0.381 e. The molecule has 1 aliphatic heterocycles. The van der Waals surface area contributed by atoms with E-state index in [4.69, 9.17) is 4.74 Å². The van der Waals surface area contributed by atoms with Gasteiger partial charge in [0.05, 0.1) is 5.54 Å². The van der Waals surface area contributed by atoms with E-state index in [1.165, 1.54) is 5.56 Å². The summed E-state index contributed by atoms with van der Waals surface area (Å²) in [6.45, 7) is 8.35. The molecule has 2 rings (SSSR count). The van der Waals surface area contributed by atoms with E-state index in [0.717, 1.165) is 31.6 Å². The van der Waals surface area contributed by atoms with E-state index in [1.807, 2.05) is 31.7 Å². The van der Waals surface area contributed by atoms with Gasteiger partial charge in [-0.05, 0) is 45.4 Å². The van der Waals surface area contributed by atoms with Gasteiger partial charge in [-0.2, -0.15) is 11.8 Å². The molecular formula is C18H28N2O2S. The molecule has 1 aromatic rings. The number of aryl methyl sites for hydroxylation is 1. The van der Waals surface area contributed by atoms with Crippen LogP contribution in [0.4, 0.5) is 4.79 Å². The molecule has 0 bridgehead atoms. The van der Waals surface area contributed by atoms with E-state index in [0.29, 0.717) is 6.54 Å². The highest BCUT2D eigenvalue weighted by Gasteiger charge is 2.32. The Balaban J connectivity index is 1.93. The monoisotopic (exact) mass is 336 g/mol. The average Bonchev–Trinajstić information content (AvgIpc) is 2.53. The summed E-state index contributed by atoms with van der Waals surface area (Å²) in [5, 5.41) is 6.15. The zero-order chi connectivity index (χ0) is 16.9. The van der Waals surface area contributed by atoms with Crippen molar-refractivity contribution in [3.05, 3.63) is 35.4 Å². The van der Waals surface area contributed by atoms with Crippen molar-refractivity contribution in [2.24, 2.45) is 0 Å². The molecule has 1 fully saturated rings. The number of nitrogens with one attached hydrogen (secondary N) is 2. The second-order valence-corrected chi connectivity index (χ2v) is 8.08. The van der Waals surface area contributed by atoms with Crippen molar-refractivity contribution in [2.75, 3.05) is 26.0 Å². The summed E-state index contributed by atoms with van der Waals surface area (Å²) in [6.07, 6.45) is 4.08. The number of rotatable bonds is 5. The molecule has 1 heterocycles. The van der Waals surface area contributed by atoms with Crippen molar-refractivity contribution in [1.29, 1.82) is 0 Å². The number of hydrogen-bond acceptors (Lipinski definition) is 3. The second kappa shape index (κ2) is 7.58. The van der Waals surface area contributed by atoms with Crippen LogP contribution in [-0.4, -0.2) is 36.8 Å².